The van der Waals surface area contributed by atoms with E-state index in [1.54, 1.807) is 0 Å². The maximum Gasteiger partial charge on any atom is 0.0812 e. The summed E-state index contributed by atoms with van der Waals surface area (Å²) in [6.07, 6.45) is 2.99. The number of aryl methyl sites for hydroxylation is 1. The fraction of sp³-hybridized carbons (Fsp3) is 0.571. The molecule has 0 amide bonds. The summed E-state index contributed by atoms with van der Waals surface area (Å²) in [7, 11) is 0. The highest BCUT2D eigenvalue weighted by Crippen LogP contribution is 2.23. The highest BCUT2D eigenvalue weighted by molar-refractivity contribution is 5.24. The summed E-state index contributed by atoms with van der Waals surface area (Å²) < 4.78 is 0. The fourth-order valence-electron chi connectivity index (χ4n) is 2.57. The van der Waals surface area contributed by atoms with E-state index in [9.17, 15) is 5.11 Å². The van der Waals surface area contributed by atoms with Crippen molar-refractivity contribution >= 4 is 0 Å². The lowest BCUT2D eigenvalue weighted by Crippen LogP contribution is -2.46. The zero-order valence-corrected chi connectivity index (χ0v) is 10.2. The van der Waals surface area contributed by atoms with Gasteiger partial charge in [0.15, 0.2) is 0 Å². The summed E-state index contributed by atoms with van der Waals surface area (Å²) in [5.74, 6) is 0. The Balaban J connectivity index is 2.07. The Morgan fingerprint density at radius 1 is 1.50 bits per heavy atom. The predicted octanol–water partition coefficient (Wildman–Crippen LogP) is 2.04. The molecule has 1 fully saturated rings. The summed E-state index contributed by atoms with van der Waals surface area (Å²) in [5.41, 5.74) is 1.84. The van der Waals surface area contributed by atoms with Gasteiger partial charge >= 0.3 is 0 Å². The summed E-state index contributed by atoms with van der Waals surface area (Å²) in [4.78, 5) is 0. The molecule has 16 heavy (non-hydrogen) atoms. The number of nitrogens with one attached hydrogen (secondary N) is 1. The van der Waals surface area contributed by atoms with E-state index in [4.69, 9.17) is 0 Å². The van der Waals surface area contributed by atoms with Gasteiger partial charge in [-0.05, 0) is 38.8 Å². The standard InChI is InChI=1S/C14H21NO/c1-11-5-3-6-12(9-11)10-14(2,16)13-7-4-8-15-13/h3,5-6,9,13,15-16H,4,7-8,10H2,1-2H3. The summed E-state index contributed by atoms with van der Waals surface area (Å²) in [5, 5.41) is 13.9. The zero-order valence-electron chi connectivity index (χ0n) is 10.2. The van der Waals surface area contributed by atoms with Gasteiger partial charge in [-0.3, -0.25) is 0 Å². The molecule has 1 aliphatic heterocycles. The molecule has 0 saturated carbocycles. The van der Waals surface area contributed by atoms with Crippen LogP contribution in [0, 0.1) is 6.92 Å². The Labute approximate surface area is 97.7 Å². The van der Waals surface area contributed by atoms with Gasteiger partial charge in [-0.1, -0.05) is 29.8 Å². The van der Waals surface area contributed by atoms with E-state index in [1.807, 2.05) is 6.92 Å². The second kappa shape index (κ2) is 4.56. The van der Waals surface area contributed by atoms with Gasteiger partial charge in [0.05, 0.1) is 5.60 Å². The summed E-state index contributed by atoms with van der Waals surface area (Å²) in [6, 6.07) is 8.64. The Morgan fingerprint density at radius 2 is 2.31 bits per heavy atom. The lowest BCUT2D eigenvalue weighted by molar-refractivity contribution is 0.0262. The Bertz CT molecular complexity index is 354. The maximum absolute atomic E-state index is 10.5. The van der Waals surface area contributed by atoms with Crippen LogP contribution in [0.15, 0.2) is 24.3 Å². The van der Waals surface area contributed by atoms with E-state index in [0.717, 1.165) is 19.4 Å². The van der Waals surface area contributed by atoms with Crippen molar-refractivity contribution in [3.8, 4) is 0 Å². The Kier molecular flexibility index (Phi) is 3.31. The van der Waals surface area contributed by atoms with Crippen LogP contribution in [0.4, 0.5) is 0 Å². The van der Waals surface area contributed by atoms with Gasteiger partial charge in [-0.25, -0.2) is 0 Å². The third kappa shape index (κ3) is 2.63. The normalized spacial score (nSPS) is 24.3. The molecule has 1 aliphatic rings. The molecule has 2 heteroatoms. The van der Waals surface area contributed by atoms with Gasteiger partial charge in [0, 0.05) is 12.5 Å². The van der Waals surface area contributed by atoms with Crippen LogP contribution in [-0.2, 0) is 6.42 Å². The summed E-state index contributed by atoms with van der Waals surface area (Å²) in [6.45, 7) is 5.07. The van der Waals surface area contributed by atoms with Crippen LogP contribution in [0.1, 0.15) is 30.9 Å². The largest absolute Gasteiger partial charge is 0.388 e. The van der Waals surface area contributed by atoms with E-state index in [-0.39, 0.29) is 6.04 Å². The molecule has 0 bridgehead atoms. The molecule has 2 unspecified atom stereocenters. The first-order valence-corrected chi connectivity index (χ1v) is 6.09. The van der Waals surface area contributed by atoms with E-state index in [0.29, 0.717) is 0 Å². The molecule has 1 heterocycles. The molecule has 0 aliphatic carbocycles. The lowest BCUT2D eigenvalue weighted by Gasteiger charge is -2.30. The van der Waals surface area contributed by atoms with E-state index in [1.165, 1.54) is 17.5 Å². The lowest BCUT2D eigenvalue weighted by atomic mass is 9.88. The minimum absolute atomic E-state index is 0.244. The molecule has 88 valence electrons. The molecule has 0 spiro atoms. The van der Waals surface area contributed by atoms with Crippen molar-refractivity contribution in [2.45, 2.75) is 44.8 Å². The van der Waals surface area contributed by atoms with Crippen LogP contribution in [0.5, 0.6) is 0 Å². The third-order valence-corrected chi connectivity index (χ3v) is 3.46. The van der Waals surface area contributed by atoms with Crippen LogP contribution in [-0.4, -0.2) is 23.3 Å². The predicted molar refractivity (Wildman–Crippen MR) is 66.5 cm³/mol. The molecule has 1 saturated heterocycles. The fourth-order valence-corrected chi connectivity index (χ4v) is 2.57. The van der Waals surface area contributed by atoms with Crippen molar-refractivity contribution in [2.24, 2.45) is 0 Å². The third-order valence-electron chi connectivity index (χ3n) is 3.46. The van der Waals surface area contributed by atoms with Crippen molar-refractivity contribution in [1.29, 1.82) is 0 Å². The van der Waals surface area contributed by atoms with Crippen molar-refractivity contribution in [3.63, 3.8) is 0 Å². The topological polar surface area (TPSA) is 32.3 Å². The van der Waals surface area contributed by atoms with Gasteiger partial charge in [0.25, 0.3) is 0 Å². The highest BCUT2D eigenvalue weighted by atomic mass is 16.3. The second-order valence-corrected chi connectivity index (χ2v) is 5.17. The van der Waals surface area contributed by atoms with Gasteiger partial charge in [0.2, 0.25) is 0 Å². The number of hydrogen-bond donors (Lipinski definition) is 2. The van der Waals surface area contributed by atoms with Gasteiger partial charge in [-0.15, -0.1) is 0 Å². The van der Waals surface area contributed by atoms with E-state index >= 15 is 0 Å². The highest BCUT2D eigenvalue weighted by Gasteiger charge is 2.33. The quantitative estimate of drug-likeness (QED) is 0.815. The minimum atomic E-state index is -0.635. The van der Waals surface area contributed by atoms with Crippen LogP contribution in [0.25, 0.3) is 0 Å². The maximum atomic E-state index is 10.5. The van der Waals surface area contributed by atoms with Crippen molar-refractivity contribution in [2.75, 3.05) is 6.54 Å². The first kappa shape index (κ1) is 11.6. The molecule has 1 aromatic carbocycles. The molecule has 2 nitrogen and oxygen atoms in total. The minimum Gasteiger partial charge on any atom is -0.388 e. The number of hydrogen-bond acceptors (Lipinski definition) is 2. The second-order valence-electron chi connectivity index (χ2n) is 5.17. The number of aliphatic hydroxyl groups is 1. The van der Waals surface area contributed by atoms with Gasteiger partial charge in [-0.2, -0.15) is 0 Å². The Hall–Kier alpha value is -0.860. The van der Waals surface area contributed by atoms with Crippen molar-refractivity contribution in [1.82, 2.24) is 5.32 Å². The first-order chi connectivity index (χ1) is 7.58. The number of rotatable bonds is 3. The first-order valence-electron chi connectivity index (χ1n) is 6.09. The van der Waals surface area contributed by atoms with E-state index in [2.05, 4.69) is 36.5 Å². The molecular weight excluding hydrogens is 198 g/mol. The molecule has 2 rings (SSSR count). The molecule has 1 aromatic rings. The molecule has 0 aromatic heterocycles. The van der Waals surface area contributed by atoms with Crippen molar-refractivity contribution in [3.05, 3.63) is 35.4 Å². The van der Waals surface area contributed by atoms with Crippen LogP contribution in [0.2, 0.25) is 0 Å². The van der Waals surface area contributed by atoms with E-state index < -0.39 is 5.60 Å². The smallest absolute Gasteiger partial charge is 0.0812 e. The average molecular weight is 219 g/mol. The van der Waals surface area contributed by atoms with Crippen LogP contribution >= 0.6 is 0 Å². The summed E-state index contributed by atoms with van der Waals surface area (Å²) >= 11 is 0. The molecule has 2 N–H and O–H groups in total. The van der Waals surface area contributed by atoms with Crippen molar-refractivity contribution < 1.29 is 5.11 Å². The van der Waals surface area contributed by atoms with Gasteiger partial charge in [0.1, 0.15) is 0 Å². The monoisotopic (exact) mass is 219 g/mol. The molecular formula is C14H21NO. The van der Waals surface area contributed by atoms with Crippen LogP contribution in [0.3, 0.4) is 0 Å². The molecule has 2 atom stereocenters. The Morgan fingerprint density at radius 3 is 2.94 bits per heavy atom. The van der Waals surface area contributed by atoms with Crippen LogP contribution < -0.4 is 5.32 Å². The molecule has 0 radical (unpaired) electrons. The zero-order chi connectivity index (χ0) is 11.6. The number of benzene rings is 1. The SMILES string of the molecule is Cc1cccc(CC(C)(O)C2CCCN2)c1. The average Bonchev–Trinajstić information content (AvgIpc) is 2.69. The van der Waals surface area contributed by atoms with Gasteiger partial charge < -0.3 is 10.4 Å².